The Morgan fingerprint density at radius 3 is 3.00 bits per heavy atom. The molecule has 0 unspecified atom stereocenters. The summed E-state index contributed by atoms with van der Waals surface area (Å²) in [5.41, 5.74) is 3.09. The normalized spacial score (nSPS) is 23.0. The number of hydrogen-bond donors (Lipinski definition) is 0. The van der Waals surface area contributed by atoms with Crippen molar-refractivity contribution in [2.24, 2.45) is 4.99 Å². The molecule has 0 radical (unpaired) electrons. The van der Waals surface area contributed by atoms with Crippen molar-refractivity contribution < 1.29 is 9.53 Å². The maximum absolute atomic E-state index is 13.7. The van der Waals surface area contributed by atoms with E-state index in [1.54, 1.807) is 24.6 Å². The zero-order chi connectivity index (χ0) is 19.6. The Morgan fingerprint density at radius 1 is 1.21 bits per heavy atom. The van der Waals surface area contributed by atoms with E-state index in [0.29, 0.717) is 13.0 Å². The molecule has 29 heavy (non-hydrogen) atoms. The van der Waals surface area contributed by atoms with Crippen LogP contribution in [0.25, 0.3) is 10.9 Å². The van der Waals surface area contributed by atoms with E-state index in [1.807, 2.05) is 12.1 Å². The molecule has 1 aromatic carbocycles. The number of anilines is 1. The van der Waals surface area contributed by atoms with E-state index in [4.69, 9.17) is 9.73 Å². The van der Waals surface area contributed by atoms with Crippen molar-refractivity contribution in [3.63, 3.8) is 0 Å². The Bertz CT molecular complexity index is 1200. The van der Waals surface area contributed by atoms with Crippen molar-refractivity contribution >= 4 is 44.5 Å². The van der Waals surface area contributed by atoms with E-state index in [-0.39, 0.29) is 5.78 Å². The first kappa shape index (κ1) is 17.3. The second-order valence-electron chi connectivity index (χ2n) is 7.97. The van der Waals surface area contributed by atoms with E-state index in [2.05, 4.69) is 28.1 Å². The first-order valence-corrected chi connectivity index (χ1v) is 11.0. The summed E-state index contributed by atoms with van der Waals surface area (Å²) in [5.74, 6) is 0.837. The Kier molecular flexibility index (Phi) is 3.71. The second kappa shape index (κ2) is 6.21. The number of carbonyl (C=O) groups is 1. The third kappa shape index (κ3) is 2.33. The summed E-state index contributed by atoms with van der Waals surface area (Å²) in [4.78, 5) is 26.7. The summed E-state index contributed by atoms with van der Waals surface area (Å²) < 4.78 is 5.94. The lowest BCUT2D eigenvalue weighted by Gasteiger charge is -2.32. The Morgan fingerprint density at radius 2 is 2.10 bits per heavy atom. The van der Waals surface area contributed by atoms with Crippen LogP contribution in [0.15, 0.2) is 41.5 Å². The molecule has 3 aromatic rings. The number of pyridine rings is 1. The van der Waals surface area contributed by atoms with Crippen LogP contribution < -0.4 is 4.90 Å². The molecule has 5 nitrogen and oxygen atoms in total. The predicted octanol–water partition coefficient (Wildman–Crippen LogP) is 4.70. The zero-order valence-corrected chi connectivity index (χ0v) is 17.1. The quantitative estimate of drug-likeness (QED) is 0.623. The molecule has 1 fully saturated rings. The number of methoxy groups -OCH3 is 1. The number of benzene rings is 1. The number of nitrogens with zero attached hydrogens (tertiary/aromatic N) is 3. The monoisotopic (exact) mass is 403 g/mol. The lowest BCUT2D eigenvalue weighted by Crippen LogP contribution is -2.50. The van der Waals surface area contributed by atoms with Gasteiger partial charge in [-0.3, -0.25) is 9.78 Å². The largest absolute Gasteiger partial charge is 0.362 e. The number of amidine groups is 1. The van der Waals surface area contributed by atoms with Gasteiger partial charge >= 0.3 is 0 Å². The van der Waals surface area contributed by atoms with Crippen LogP contribution in [-0.4, -0.2) is 35.9 Å². The molecule has 0 amide bonds. The van der Waals surface area contributed by atoms with Crippen LogP contribution in [0.4, 0.5) is 10.7 Å². The van der Waals surface area contributed by atoms with Gasteiger partial charge in [0.15, 0.2) is 11.4 Å². The van der Waals surface area contributed by atoms with Gasteiger partial charge in [0.25, 0.3) is 0 Å². The molecule has 0 bridgehead atoms. The van der Waals surface area contributed by atoms with Gasteiger partial charge in [-0.2, -0.15) is 0 Å². The minimum atomic E-state index is -0.969. The van der Waals surface area contributed by atoms with E-state index >= 15 is 0 Å². The Labute approximate surface area is 173 Å². The number of aliphatic imine (C=N–C) groups is 1. The van der Waals surface area contributed by atoms with Crippen LogP contribution in [0.5, 0.6) is 0 Å². The number of aryl methyl sites for hydroxylation is 1. The predicted molar refractivity (Wildman–Crippen MR) is 116 cm³/mol. The van der Waals surface area contributed by atoms with Crippen molar-refractivity contribution in [3.8, 4) is 0 Å². The van der Waals surface area contributed by atoms with Crippen molar-refractivity contribution in [2.75, 3.05) is 18.6 Å². The third-order valence-corrected chi connectivity index (χ3v) is 7.69. The molecule has 0 N–H and O–H groups in total. The summed E-state index contributed by atoms with van der Waals surface area (Å²) in [6.45, 7) is 0.710. The highest BCUT2D eigenvalue weighted by Crippen LogP contribution is 2.48. The highest BCUT2D eigenvalue weighted by molar-refractivity contribution is 7.16. The fraction of sp³-hybridized carbons (Fsp3) is 0.348. The van der Waals surface area contributed by atoms with Crippen molar-refractivity contribution in [1.82, 2.24) is 4.98 Å². The number of rotatable bonds is 2. The molecule has 2 aliphatic heterocycles. The van der Waals surface area contributed by atoms with Crippen molar-refractivity contribution in [1.29, 1.82) is 0 Å². The van der Waals surface area contributed by atoms with Gasteiger partial charge in [-0.1, -0.05) is 6.07 Å². The van der Waals surface area contributed by atoms with Gasteiger partial charge < -0.3 is 9.64 Å². The molecular formula is C23H21N3O2S. The number of fused-ring (bicyclic) bond motifs is 5. The Hall–Kier alpha value is -2.57. The fourth-order valence-electron chi connectivity index (χ4n) is 5.00. The molecule has 4 heterocycles. The summed E-state index contributed by atoms with van der Waals surface area (Å²) in [5, 5.41) is 1.95. The van der Waals surface area contributed by atoms with Gasteiger partial charge in [0.05, 0.1) is 11.1 Å². The average molecular weight is 404 g/mol. The summed E-state index contributed by atoms with van der Waals surface area (Å²) in [7, 11) is 1.64. The highest BCUT2D eigenvalue weighted by atomic mass is 32.1. The van der Waals surface area contributed by atoms with Crippen LogP contribution in [0.2, 0.25) is 0 Å². The number of ether oxygens (including phenoxy) is 1. The summed E-state index contributed by atoms with van der Waals surface area (Å²) >= 11 is 1.70. The van der Waals surface area contributed by atoms with Crippen molar-refractivity contribution in [2.45, 2.75) is 37.7 Å². The topological polar surface area (TPSA) is 54.8 Å². The minimum absolute atomic E-state index is 0.101. The number of thiophene rings is 1. The molecule has 6 heteroatoms. The summed E-state index contributed by atoms with van der Waals surface area (Å²) in [6.07, 6.45) is 6.82. The number of carbonyl (C=O) groups excluding carboxylic acids is 1. The van der Waals surface area contributed by atoms with E-state index < -0.39 is 5.60 Å². The van der Waals surface area contributed by atoms with E-state index in [9.17, 15) is 4.79 Å². The first-order valence-electron chi connectivity index (χ1n) is 10.2. The molecule has 0 saturated carbocycles. The smallest absolute Gasteiger partial charge is 0.205 e. The molecule has 1 atom stereocenters. The maximum Gasteiger partial charge on any atom is 0.205 e. The van der Waals surface area contributed by atoms with Gasteiger partial charge in [0, 0.05) is 42.2 Å². The van der Waals surface area contributed by atoms with Gasteiger partial charge in [0.1, 0.15) is 5.00 Å². The third-order valence-electron chi connectivity index (χ3n) is 6.51. The highest BCUT2D eigenvalue weighted by Gasteiger charge is 2.55. The lowest BCUT2D eigenvalue weighted by atomic mass is 9.84. The first-order chi connectivity index (χ1) is 14.2. The SMILES string of the molecule is CO[C@@]12CCN(c3ccc4ncccc4c3)C1=Nc1sc3c(c1C2=O)CCCC3. The second-order valence-corrected chi connectivity index (χ2v) is 9.05. The molecule has 146 valence electrons. The molecule has 3 aliphatic rings. The van der Waals surface area contributed by atoms with Crippen LogP contribution in [0.1, 0.15) is 40.1 Å². The van der Waals surface area contributed by atoms with Crippen LogP contribution in [0.3, 0.4) is 0 Å². The van der Waals surface area contributed by atoms with Gasteiger partial charge in [-0.05, 0) is 55.5 Å². The van der Waals surface area contributed by atoms with Gasteiger partial charge in [-0.25, -0.2) is 4.99 Å². The lowest BCUT2D eigenvalue weighted by molar-refractivity contribution is 0.0388. The van der Waals surface area contributed by atoms with Crippen LogP contribution in [0, 0.1) is 0 Å². The molecule has 2 aromatic heterocycles. The molecule has 0 spiro atoms. The number of hydrogen-bond acceptors (Lipinski definition) is 6. The average Bonchev–Trinajstić information content (AvgIpc) is 3.32. The molecule has 6 rings (SSSR count). The maximum atomic E-state index is 13.7. The molecule has 1 saturated heterocycles. The zero-order valence-electron chi connectivity index (χ0n) is 16.3. The fourth-order valence-corrected chi connectivity index (χ4v) is 6.26. The Balaban J connectivity index is 1.51. The number of ketones is 1. The molecular weight excluding hydrogens is 382 g/mol. The van der Waals surface area contributed by atoms with Gasteiger partial charge in [-0.15, -0.1) is 11.3 Å². The van der Waals surface area contributed by atoms with E-state index in [1.165, 1.54) is 16.9 Å². The van der Waals surface area contributed by atoms with Crippen LogP contribution >= 0.6 is 11.3 Å². The van der Waals surface area contributed by atoms with E-state index in [0.717, 1.165) is 52.3 Å². The van der Waals surface area contributed by atoms with Crippen LogP contribution in [-0.2, 0) is 17.6 Å². The molecule has 1 aliphatic carbocycles. The van der Waals surface area contributed by atoms with Gasteiger partial charge in [0.2, 0.25) is 5.78 Å². The number of aromatic nitrogens is 1. The standard InChI is InChI=1S/C23H21N3O2S/c1-28-23-10-12-26(15-8-9-17-14(13-15)5-4-11-24-17)22(23)25-21-19(20(23)27)16-6-2-3-7-18(16)29-21/h4-5,8-9,11,13H,2-3,6-7,10,12H2,1H3/t23-/m1/s1. The van der Waals surface area contributed by atoms with Crippen molar-refractivity contribution in [3.05, 3.63) is 52.5 Å². The summed E-state index contributed by atoms with van der Waals surface area (Å²) in [6, 6.07) is 10.2. The minimum Gasteiger partial charge on any atom is -0.362 e. The number of Topliss-reactive ketones (excluding diaryl/α,β-unsaturated/α-hetero) is 1.